The molecule has 0 bridgehead atoms. The van der Waals surface area contributed by atoms with E-state index in [4.69, 9.17) is 4.74 Å². The molecule has 0 aliphatic carbocycles. The van der Waals surface area contributed by atoms with Crippen LogP contribution < -0.4 is 20.3 Å². The molecule has 3 aromatic rings. The number of nitrogens with one attached hydrogen (secondary N) is 2. The van der Waals surface area contributed by atoms with Gasteiger partial charge in [-0.1, -0.05) is 60.7 Å². The van der Waals surface area contributed by atoms with Crippen LogP contribution in [-0.2, 0) is 4.79 Å². The highest BCUT2D eigenvalue weighted by molar-refractivity contribution is 6.00. The highest BCUT2D eigenvalue weighted by Gasteiger charge is 2.24. The fraction of sp³-hybridized carbons (Fsp3) is 0.286. The molecule has 1 heterocycles. The van der Waals surface area contributed by atoms with Crippen LogP contribution in [0.15, 0.2) is 84.9 Å². The number of hydrogen-bond acceptors (Lipinski definition) is 4. The predicted molar refractivity (Wildman–Crippen MR) is 134 cm³/mol. The number of ether oxygens (including phenoxy) is 1. The fourth-order valence-electron chi connectivity index (χ4n) is 4.24. The first-order valence-electron chi connectivity index (χ1n) is 11.8. The van der Waals surface area contributed by atoms with Crippen molar-refractivity contribution in [2.45, 2.75) is 31.8 Å². The Labute approximate surface area is 200 Å². The van der Waals surface area contributed by atoms with Crippen LogP contribution in [0.4, 0.5) is 5.69 Å². The standard InChI is InChI=1S/C28H31N3O3/c1-21(22-10-4-2-5-11-22)29-28(33)25-14-8-9-15-26(25)31-18-16-23(17-19-31)30-27(32)20-34-24-12-6-3-7-13-24/h2-15,21,23H,16-20H2,1H3,(H,29,33)(H,30,32)/t21-/m0/s1. The minimum absolute atomic E-state index is 0.00678. The van der Waals surface area contributed by atoms with Gasteiger partial charge in [-0.05, 0) is 49.6 Å². The maximum Gasteiger partial charge on any atom is 0.258 e. The van der Waals surface area contributed by atoms with Crippen LogP contribution in [0.2, 0.25) is 0 Å². The van der Waals surface area contributed by atoms with Crippen molar-refractivity contribution >= 4 is 17.5 Å². The lowest BCUT2D eigenvalue weighted by Gasteiger charge is -2.35. The maximum absolute atomic E-state index is 13.1. The van der Waals surface area contributed by atoms with Crippen molar-refractivity contribution in [3.63, 3.8) is 0 Å². The third kappa shape index (κ3) is 6.16. The number of anilines is 1. The predicted octanol–water partition coefficient (Wildman–Crippen LogP) is 4.34. The van der Waals surface area contributed by atoms with E-state index >= 15 is 0 Å². The summed E-state index contributed by atoms with van der Waals surface area (Å²) in [6.07, 6.45) is 1.63. The monoisotopic (exact) mass is 457 g/mol. The number of amides is 2. The first kappa shape index (κ1) is 23.4. The second-order valence-corrected chi connectivity index (χ2v) is 8.55. The Morgan fingerprint density at radius 3 is 2.24 bits per heavy atom. The summed E-state index contributed by atoms with van der Waals surface area (Å²) < 4.78 is 5.54. The second kappa shape index (κ2) is 11.4. The number of rotatable bonds is 8. The van der Waals surface area contributed by atoms with Gasteiger partial charge < -0.3 is 20.3 Å². The number of benzene rings is 3. The third-order valence-corrected chi connectivity index (χ3v) is 6.11. The lowest BCUT2D eigenvalue weighted by molar-refractivity contribution is -0.123. The molecule has 1 fully saturated rings. The van der Waals surface area contributed by atoms with Gasteiger partial charge in [-0.25, -0.2) is 0 Å². The summed E-state index contributed by atoms with van der Waals surface area (Å²) in [7, 11) is 0. The molecule has 2 N–H and O–H groups in total. The van der Waals surface area contributed by atoms with Crippen molar-refractivity contribution in [3.8, 4) is 5.75 Å². The second-order valence-electron chi connectivity index (χ2n) is 8.55. The van der Waals surface area contributed by atoms with Crippen LogP contribution in [0.5, 0.6) is 5.75 Å². The zero-order valence-corrected chi connectivity index (χ0v) is 19.4. The Morgan fingerprint density at radius 1 is 0.912 bits per heavy atom. The van der Waals surface area contributed by atoms with Crippen molar-refractivity contribution in [3.05, 3.63) is 96.1 Å². The molecule has 2 amide bonds. The van der Waals surface area contributed by atoms with E-state index in [2.05, 4.69) is 15.5 Å². The van der Waals surface area contributed by atoms with Crippen molar-refractivity contribution in [2.24, 2.45) is 0 Å². The Bertz CT molecular complexity index is 1080. The number of piperidine rings is 1. The maximum atomic E-state index is 13.1. The minimum Gasteiger partial charge on any atom is -0.484 e. The van der Waals surface area contributed by atoms with Gasteiger partial charge in [-0.2, -0.15) is 0 Å². The molecule has 0 unspecified atom stereocenters. The molecule has 176 valence electrons. The van der Waals surface area contributed by atoms with Gasteiger partial charge in [-0.15, -0.1) is 0 Å². The number of para-hydroxylation sites is 2. The summed E-state index contributed by atoms with van der Waals surface area (Å²) in [5, 5.41) is 6.19. The van der Waals surface area contributed by atoms with Gasteiger partial charge in [0.1, 0.15) is 5.75 Å². The van der Waals surface area contributed by atoms with Crippen LogP contribution in [0.3, 0.4) is 0 Å². The van der Waals surface area contributed by atoms with E-state index in [0.29, 0.717) is 11.3 Å². The molecule has 1 atom stereocenters. The highest BCUT2D eigenvalue weighted by Crippen LogP contribution is 2.25. The lowest BCUT2D eigenvalue weighted by Crippen LogP contribution is -2.46. The summed E-state index contributed by atoms with van der Waals surface area (Å²) in [5.74, 6) is 0.487. The van der Waals surface area contributed by atoms with E-state index in [1.165, 1.54) is 0 Å². The van der Waals surface area contributed by atoms with E-state index in [1.54, 1.807) is 0 Å². The van der Waals surface area contributed by atoms with E-state index in [-0.39, 0.29) is 30.5 Å². The molecule has 1 saturated heterocycles. The van der Waals surface area contributed by atoms with Gasteiger partial charge in [0.25, 0.3) is 11.8 Å². The van der Waals surface area contributed by atoms with Crippen LogP contribution in [-0.4, -0.2) is 37.6 Å². The summed E-state index contributed by atoms with van der Waals surface area (Å²) in [5.41, 5.74) is 2.67. The van der Waals surface area contributed by atoms with Gasteiger partial charge in [0.15, 0.2) is 6.61 Å². The van der Waals surface area contributed by atoms with Gasteiger partial charge in [0.2, 0.25) is 0 Å². The third-order valence-electron chi connectivity index (χ3n) is 6.11. The van der Waals surface area contributed by atoms with E-state index in [9.17, 15) is 9.59 Å². The van der Waals surface area contributed by atoms with Crippen molar-refractivity contribution in [1.29, 1.82) is 0 Å². The first-order valence-corrected chi connectivity index (χ1v) is 11.8. The van der Waals surface area contributed by atoms with Crippen LogP contribution >= 0.6 is 0 Å². The molecule has 6 heteroatoms. The summed E-state index contributed by atoms with van der Waals surface area (Å²) in [6, 6.07) is 27.0. The molecule has 34 heavy (non-hydrogen) atoms. The van der Waals surface area contributed by atoms with Crippen molar-refractivity contribution < 1.29 is 14.3 Å². The molecule has 0 aromatic heterocycles. The Hall–Kier alpha value is -3.80. The lowest BCUT2D eigenvalue weighted by atomic mass is 10.0. The molecule has 3 aromatic carbocycles. The zero-order chi connectivity index (χ0) is 23.8. The van der Waals surface area contributed by atoms with Crippen molar-refractivity contribution in [1.82, 2.24) is 10.6 Å². The van der Waals surface area contributed by atoms with Gasteiger partial charge in [0.05, 0.1) is 11.6 Å². The Balaban J connectivity index is 1.30. The van der Waals surface area contributed by atoms with Crippen LogP contribution in [0, 0.1) is 0 Å². The van der Waals surface area contributed by atoms with Crippen LogP contribution in [0.1, 0.15) is 41.7 Å². The molecule has 0 spiro atoms. The van der Waals surface area contributed by atoms with Gasteiger partial charge in [0, 0.05) is 24.8 Å². The highest BCUT2D eigenvalue weighted by atomic mass is 16.5. The average Bonchev–Trinajstić information content (AvgIpc) is 2.89. The number of hydrogen-bond donors (Lipinski definition) is 2. The number of nitrogens with zero attached hydrogens (tertiary/aromatic N) is 1. The molecule has 4 rings (SSSR count). The smallest absolute Gasteiger partial charge is 0.258 e. The topological polar surface area (TPSA) is 70.7 Å². The summed E-state index contributed by atoms with van der Waals surface area (Å²) in [6.45, 7) is 3.53. The van der Waals surface area contributed by atoms with E-state index < -0.39 is 0 Å². The number of carbonyl (C=O) groups excluding carboxylic acids is 2. The first-order chi connectivity index (χ1) is 16.6. The van der Waals surface area contributed by atoms with Gasteiger partial charge >= 0.3 is 0 Å². The van der Waals surface area contributed by atoms with E-state index in [0.717, 1.165) is 37.2 Å². The Morgan fingerprint density at radius 2 is 1.53 bits per heavy atom. The largest absolute Gasteiger partial charge is 0.484 e. The normalized spacial score (nSPS) is 14.8. The molecular formula is C28H31N3O3. The average molecular weight is 458 g/mol. The van der Waals surface area contributed by atoms with E-state index in [1.807, 2.05) is 91.9 Å². The fourth-order valence-corrected chi connectivity index (χ4v) is 4.24. The molecule has 1 aliphatic heterocycles. The van der Waals surface area contributed by atoms with Crippen LogP contribution in [0.25, 0.3) is 0 Å². The molecule has 0 radical (unpaired) electrons. The summed E-state index contributed by atoms with van der Waals surface area (Å²) in [4.78, 5) is 27.6. The molecule has 0 saturated carbocycles. The minimum atomic E-state index is -0.114. The quantitative estimate of drug-likeness (QED) is 0.528. The molecular weight excluding hydrogens is 426 g/mol. The van der Waals surface area contributed by atoms with Crippen molar-refractivity contribution in [2.75, 3.05) is 24.6 Å². The molecule has 1 aliphatic rings. The Kier molecular flexibility index (Phi) is 7.81. The zero-order valence-electron chi connectivity index (χ0n) is 19.4. The van der Waals surface area contributed by atoms with Gasteiger partial charge in [-0.3, -0.25) is 9.59 Å². The SMILES string of the molecule is C[C@H](NC(=O)c1ccccc1N1CCC(NC(=O)COc2ccccc2)CC1)c1ccccc1. The summed E-state index contributed by atoms with van der Waals surface area (Å²) >= 11 is 0. The number of carbonyl (C=O) groups is 2. The molecule has 6 nitrogen and oxygen atoms in total.